The molecule has 0 fully saturated rings. The minimum absolute atomic E-state index is 0.344. The fraction of sp³-hybridized carbons (Fsp3) is 0.400. The number of hydrogen-bond donors (Lipinski definition) is 3. The molecular weight excluding hydrogens is 180 g/mol. The maximum absolute atomic E-state index is 5.31. The van der Waals surface area contributed by atoms with E-state index in [1.54, 1.807) is 0 Å². The number of thiol groups is 2. The van der Waals surface area contributed by atoms with E-state index in [4.69, 9.17) is 5.73 Å². The molecule has 0 aromatic heterocycles. The van der Waals surface area contributed by atoms with Gasteiger partial charge in [-0.25, -0.2) is 4.99 Å². The summed E-state index contributed by atoms with van der Waals surface area (Å²) >= 11 is 7.82. The van der Waals surface area contributed by atoms with Crippen molar-refractivity contribution in [2.24, 2.45) is 20.9 Å². The van der Waals surface area contributed by atoms with Crippen molar-refractivity contribution in [3.8, 4) is 0 Å². The van der Waals surface area contributed by atoms with Gasteiger partial charge < -0.3 is 5.73 Å². The van der Waals surface area contributed by atoms with Crippen molar-refractivity contribution < 1.29 is 0 Å². The highest BCUT2D eigenvalue weighted by Crippen LogP contribution is 1.86. The molecule has 0 aliphatic rings. The van der Waals surface area contributed by atoms with E-state index in [1.165, 1.54) is 0 Å². The Labute approximate surface area is 76.5 Å². The van der Waals surface area contributed by atoms with Gasteiger partial charge in [-0.1, -0.05) is 0 Å². The first-order valence-corrected chi connectivity index (χ1v) is 4.08. The van der Waals surface area contributed by atoms with Crippen molar-refractivity contribution in [3.63, 3.8) is 0 Å². The lowest BCUT2D eigenvalue weighted by Gasteiger charge is -1.91. The molecule has 0 spiro atoms. The average Bonchev–Trinajstić information content (AvgIpc) is 2.06. The zero-order chi connectivity index (χ0) is 8.69. The zero-order valence-corrected chi connectivity index (χ0v) is 7.72. The second-order valence-electron chi connectivity index (χ2n) is 1.58. The summed E-state index contributed by atoms with van der Waals surface area (Å²) in [6.45, 7) is 3.28. The number of nitrogens with two attached hydrogens (primary N) is 1. The quantitative estimate of drug-likeness (QED) is 0.253. The predicted octanol–water partition coefficient (Wildman–Crippen LogP) is 0.217. The number of amidine groups is 2. The maximum atomic E-state index is 5.31. The van der Waals surface area contributed by atoms with Gasteiger partial charge in [0.25, 0.3) is 0 Å². The third kappa shape index (κ3) is 4.86. The zero-order valence-electron chi connectivity index (χ0n) is 5.93. The number of aliphatic imine (C=N–C) groups is 1. The van der Waals surface area contributed by atoms with Gasteiger partial charge in [0.05, 0.1) is 5.75 Å². The molecule has 0 amide bonds. The van der Waals surface area contributed by atoms with Gasteiger partial charge in [-0.3, -0.25) is 0 Å². The van der Waals surface area contributed by atoms with Crippen LogP contribution in [0.15, 0.2) is 15.2 Å². The van der Waals surface area contributed by atoms with Crippen molar-refractivity contribution >= 4 is 43.6 Å². The summed E-state index contributed by atoms with van der Waals surface area (Å²) in [7, 11) is 0. The highest BCUT2D eigenvalue weighted by Gasteiger charge is 1.89. The SMILES string of the molecule is C=N/C(CS)=N\N=C(/N)CS. The Bertz CT molecular complexity index is 187. The molecule has 11 heavy (non-hydrogen) atoms. The number of rotatable bonds is 3. The largest absolute Gasteiger partial charge is 0.385 e. The van der Waals surface area contributed by atoms with Gasteiger partial charge in [0.1, 0.15) is 5.84 Å². The predicted molar refractivity (Wildman–Crippen MR) is 56.3 cm³/mol. The maximum Gasteiger partial charge on any atom is 0.159 e. The molecule has 0 rings (SSSR count). The van der Waals surface area contributed by atoms with E-state index < -0.39 is 0 Å². The first kappa shape index (κ1) is 10.5. The molecule has 0 aromatic rings. The summed E-state index contributed by atoms with van der Waals surface area (Å²) < 4.78 is 0. The van der Waals surface area contributed by atoms with E-state index in [0.29, 0.717) is 23.2 Å². The monoisotopic (exact) mass is 190 g/mol. The molecule has 0 radical (unpaired) electrons. The molecule has 0 aromatic carbocycles. The minimum Gasteiger partial charge on any atom is -0.385 e. The first-order valence-electron chi connectivity index (χ1n) is 2.82. The molecule has 0 aliphatic carbocycles. The van der Waals surface area contributed by atoms with Crippen LogP contribution in [0.4, 0.5) is 0 Å². The number of nitrogens with zero attached hydrogens (tertiary/aromatic N) is 3. The molecule has 0 unspecified atom stereocenters. The van der Waals surface area contributed by atoms with E-state index in [-0.39, 0.29) is 0 Å². The molecule has 0 heterocycles. The van der Waals surface area contributed by atoms with E-state index in [0.717, 1.165) is 0 Å². The average molecular weight is 190 g/mol. The van der Waals surface area contributed by atoms with Crippen LogP contribution in [-0.4, -0.2) is 29.9 Å². The third-order valence-corrected chi connectivity index (χ3v) is 1.39. The highest BCUT2D eigenvalue weighted by molar-refractivity contribution is 7.81. The summed E-state index contributed by atoms with van der Waals surface area (Å²) in [4.78, 5) is 3.55. The van der Waals surface area contributed by atoms with Gasteiger partial charge in [-0.05, 0) is 6.72 Å². The van der Waals surface area contributed by atoms with Crippen LogP contribution in [-0.2, 0) is 0 Å². The Balaban J connectivity index is 4.17. The highest BCUT2D eigenvalue weighted by atomic mass is 32.1. The van der Waals surface area contributed by atoms with Gasteiger partial charge in [0, 0.05) is 5.75 Å². The van der Waals surface area contributed by atoms with Crippen molar-refractivity contribution in [3.05, 3.63) is 0 Å². The Morgan fingerprint density at radius 3 is 2.27 bits per heavy atom. The van der Waals surface area contributed by atoms with Crippen molar-refractivity contribution in [2.45, 2.75) is 0 Å². The summed E-state index contributed by atoms with van der Waals surface area (Å²) in [6.07, 6.45) is 0. The molecule has 6 heteroatoms. The van der Waals surface area contributed by atoms with E-state index in [9.17, 15) is 0 Å². The smallest absolute Gasteiger partial charge is 0.159 e. The lowest BCUT2D eigenvalue weighted by atomic mass is 10.7. The number of hydrogen-bond acceptors (Lipinski definition) is 4. The summed E-state index contributed by atoms with van der Waals surface area (Å²) in [5.41, 5.74) is 5.31. The first-order chi connectivity index (χ1) is 5.24. The molecular formula is C5H10N4S2. The Morgan fingerprint density at radius 1 is 1.27 bits per heavy atom. The lowest BCUT2D eigenvalue weighted by Crippen LogP contribution is -2.12. The van der Waals surface area contributed by atoms with E-state index in [2.05, 4.69) is 47.2 Å². The normalized spacial score (nSPS) is 13.3. The Morgan fingerprint density at radius 2 is 1.91 bits per heavy atom. The second kappa shape index (κ2) is 6.23. The molecule has 4 nitrogen and oxygen atoms in total. The molecule has 62 valence electrons. The minimum atomic E-state index is 0.344. The van der Waals surface area contributed by atoms with Crippen LogP contribution in [0, 0.1) is 0 Å². The van der Waals surface area contributed by atoms with Crippen molar-refractivity contribution in [2.75, 3.05) is 11.5 Å². The molecule has 2 N–H and O–H groups in total. The van der Waals surface area contributed by atoms with Crippen LogP contribution in [0.5, 0.6) is 0 Å². The van der Waals surface area contributed by atoms with Gasteiger partial charge >= 0.3 is 0 Å². The van der Waals surface area contributed by atoms with Gasteiger partial charge in [0.2, 0.25) is 0 Å². The molecule has 0 bridgehead atoms. The standard InChI is InChI=1S/C5H10N4S2/c1-7-5(3-11)9-8-4(6)2-10/h10-11H,1-3H2,(H2,6,8)/b9-5-. The van der Waals surface area contributed by atoms with Crippen LogP contribution in [0.2, 0.25) is 0 Å². The van der Waals surface area contributed by atoms with Gasteiger partial charge in [-0.2, -0.15) is 25.3 Å². The Hall–Kier alpha value is -0.490. The van der Waals surface area contributed by atoms with Crippen LogP contribution in [0.1, 0.15) is 0 Å². The summed E-state index contributed by atoms with van der Waals surface area (Å²) in [5, 5.41) is 7.26. The van der Waals surface area contributed by atoms with Crippen molar-refractivity contribution in [1.29, 1.82) is 0 Å². The van der Waals surface area contributed by atoms with Crippen LogP contribution >= 0.6 is 25.3 Å². The topological polar surface area (TPSA) is 63.1 Å². The van der Waals surface area contributed by atoms with Gasteiger partial charge in [0.15, 0.2) is 5.84 Å². The van der Waals surface area contributed by atoms with Crippen LogP contribution < -0.4 is 5.73 Å². The van der Waals surface area contributed by atoms with Crippen LogP contribution in [0.3, 0.4) is 0 Å². The second-order valence-corrected chi connectivity index (χ2v) is 2.21. The van der Waals surface area contributed by atoms with Gasteiger partial charge in [-0.15, -0.1) is 10.2 Å². The Kier molecular flexibility index (Phi) is 5.96. The van der Waals surface area contributed by atoms with E-state index >= 15 is 0 Å². The molecule has 0 saturated carbocycles. The molecule has 0 aliphatic heterocycles. The summed E-state index contributed by atoms with van der Waals surface area (Å²) in [6, 6.07) is 0. The molecule has 0 saturated heterocycles. The fourth-order valence-electron chi connectivity index (χ4n) is 0.267. The fourth-order valence-corrected chi connectivity index (χ4v) is 0.493. The third-order valence-electron chi connectivity index (χ3n) is 0.780. The van der Waals surface area contributed by atoms with Crippen molar-refractivity contribution in [1.82, 2.24) is 0 Å². The lowest BCUT2D eigenvalue weighted by molar-refractivity contribution is 1.20. The molecule has 0 atom stereocenters. The van der Waals surface area contributed by atoms with Crippen LogP contribution in [0.25, 0.3) is 0 Å². The van der Waals surface area contributed by atoms with E-state index in [1.807, 2.05) is 0 Å². The summed E-state index contributed by atoms with van der Waals surface area (Å²) in [5.74, 6) is 1.56.